The van der Waals surface area contributed by atoms with E-state index in [1.54, 1.807) is 0 Å². The topological polar surface area (TPSA) is 18.5 Å². The molecule has 2 rings (SSSR count). The molecule has 0 aliphatic rings. The van der Waals surface area contributed by atoms with Gasteiger partial charge in [0.15, 0.2) is 0 Å². The van der Waals surface area contributed by atoms with Gasteiger partial charge in [-0.2, -0.15) is 0 Å². The highest BCUT2D eigenvalue weighted by Gasteiger charge is 2.39. The first kappa shape index (κ1) is 17.9. The molecule has 2 nitrogen and oxygen atoms in total. The smallest absolute Gasteiger partial charge is 0.250 e. The van der Waals surface area contributed by atoms with Crippen molar-refractivity contribution in [2.75, 3.05) is 0 Å². The number of rotatable bonds is 5. The Balaban J connectivity index is 2.13. The van der Waals surface area contributed by atoms with Gasteiger partial charge in [-0.3, -0.25) is 0 Å². The quantitative estimate of drug-likeness (QED) is 0.590. The molecule has 0 saturated carbocycles. The third-order valence-corrected chi connectivity index (χ3v) is 8.97. The summed E-state index contributed by atoms with van der Waals surface area (Å²) in [6.45, 7) is 11.6. The van der Waals surface area contributed by atoms with Crippen molar-refractivity contribution in [3.63, 3.8) is 0 Å². The van der Waals surface area contributed by atoms with Crippen LogP contribution in [0.5, 0.6) is 11.5 Å². The fourth-order valence-corrected chi connectivity index (χ4v) is 3.07. The number of benzene rings is 2. The molecule has 4 heteroatoms. The summed E-state index contributed by atoms with van der Waals surface area (Å²) in [5.74, 6) is 1.61. The van der Waals surface area contributed by atoms with Gasteiger partial charge in [-0.15, -0.1) is 0 Å². The number of hydrogen-bond donors (Lipinski definition) is 0. The summed E-state index contributed by atoms with van der Waals surface area (Å²) in [5.41, 5.74) is 1.05. The van der Waals surface area contributed by atoms with Gasteiger partial charge < -0.3 is 9.16 Å². The molecule has 0 fully saturated rings. The fraction of sp³-hybridized carbons (Fsp3) is 0.368. The third-order valence-electron chi connectivity index (χ3n) is 4.32. The van der Waals surface area contributed by atoms with Crippen LogP contribution in [0.3, 0.4) is 0 Å². The Hall–Kier alpha value is -1.45. The van der Waals surface area contributed by atoms with Gasteiger partial charge in [0.05, 0.1) is 5.02 Å². The van der Waals surface area contributed by atoms with Crippen molar-refractivity contribution in [1.29, 1.82) is 0 Å². The zero-order valence-corrected chi connectivity index (χ0v) is 16.3. The number of ether oxygens (including phenoxy) is 1. The minimum Gasteiger partial charge on any atom is -0.542 e. The molecule has 0 spiro atoms. The first-order valence-corrected chi connectivity index (χ1v) is 11.1. The Morgan fingerprint density at radius 2 is 1.65 bits per heavy atom. The molecule has 0 amide bonds. The second kappa shape index (κ2) is 6.98. The molecule has 2 aromatic carbocycles. The molecule has 0 bridgehead atoms. The van der Waals surface area contributed by atoms with Crippen LogP contribution >= 0.6 is 11.6 Å². The van der Waals surface area contributed by atoms with E-state index in [-0.39, 0.29) is 5.04 Å². The maximum absolute atomic E-state index is 6.34. The zero-order chi connectivity index (χ0) is 17.1. The van der Waals surface area contributed by atoms with E-state index in [0.29, 0.717) is 11.6 Å². The van der Waals surface area contributed by atoms with Gasteiger partial charge in [0.1, 0.15) is 18.1 Å². The Kier molecular flexibility index (Phi) is 5.43. The van der Waals surface area contributed by atoms with Crippen LogP contribution < -0.4 is 9.16 Å². The van der Waals surface area contributed by atoms with E-state index >= 15 is 0 Å². The summed E-state index contributed by atoms with van der Waals surface area (Å²) in [5, 5.41) is 0.783. The first-order chi connectivity index (χ1) is 10.7. The highest BCUT2D eigenvalue weighted by atomic mass is 35.5. The average Bonchev–Trinajstić information content (AvgIpc) is 2.48. The molecule has 124 valence electrons. The molecule has 23 heavy (non-hydrogen) atoms. The summed E-state index contributed by atoms with van der Waals surface area (Å²) in [6, 6.07) is 15.6. The molecular weight excluding hydrogens is 324 g/mol. The highest BCUT2D eigenvalue weighted by Crippen LogP contribution is 2.39. The number of para-hydroxylation sites is 1. The van der Waals surface area contributed by atoms with Gasteiger partial charge in [0, 0.05) is 0 Å². The normalized spacial score (nSPS) is 12.1. The summed E-state index contributed by atoms with van der Waals surface area (Å²) < 4.78 is 12.1. The van der Waals surface area contributed by atoms with Crippen LogP contribution in [0.25, 0.3) is 0 Å². The van der Waals surface area contributed by atoms with Crippen LogP contribution in [0.2, 0.25) is 23.2 Å². The summed E-state index contributed by atoms with van der Waals surface area (Å²) in [7, 11) is -1.91. The van der Waals surface area contributed by atoms with Crippen molar-refractivity contribution in [3.8, 4) is 11.5 Å². The molecule has 2 aromatic rings. The lowest BCUT2D eigenvalue weighted by Gasteiger charge is -2.36. The van der Waals surface area contributed by atoms with Crippen LogP contribution in [-0.4, -0.2) is 8.32 Å². The Labute approximate surface area is 145 Å². The average molecular weight is 349 g/mol. The van der Waals surface area contributed by atoms with Gasteiger partial charge in [-0.1, -0.05) is 56.6 Å². The zero-order valence-electron chi connectivity index (χ0n) is 14.5. The number of halogens is 1. The molecule has 0 unspecified atom stereocenters. The van der Waals surface area contributed by atoms with E-state index in [4.69, 9.17) is 20.8 Å². The molecule has 0 aliphatic heterocycles. The number of hydrogen-bond acceptors (Lipinski definition) is 2. The van der Waals surface area contributed by atoms with Crippen LogP contribution in [0.15, 0.2) is 48.5 Å². The maximum atomic E-state index is 6.34. The predicted octanol–water partition coefficient (Wildman–Crippen LogP) is 6.30. The minimum atomic E-state index is -1.91. The van der Waals surface area contributed by atoms with Crippen LogP contribution in [-0.2, 0) is 6.61 Å². The van der Waals surface area contributed by atoms with Crippen molar-refractivity contribution in [2.45, 2.75) is 45.5 Å². The second-order valence-electron chi connectivity index (χ2n) is 7.23. The summed E-state index contributed by atoms with van der Waals surface area (Å²) in [4.78, 5) is 0. The van der Waals surface area contributed by atoms with Crippen molar-refractivity contribution in [1.82, 2.24) is 0 Å². The van der Waals surface area contributed by atoms with Gasteiger partial charge in [-0.05, 0) is 48.0 Å². The van der Waals surface area contributed by atoms with Gasteiger partial charge >= 0.3 is 0 Å². The van der Waals surface area contributed by atoms with Crippen LogP contribution in [0.4, 0.5) is 0 Å². The molecule has 0 radical (unpaired) electrons. The highest BCUT2D eigenvalue weighted by molar-refractivity contribution is 6.74. The van der Waals surface area contributed by atoms with Gasteiger partial charge in [0.25, 0.3) is 8.32 Å². The van der Waals surface area contributed by atoms with E-state index in [0.717, 1.165) is 17.1 Å². The Bertz CT molecular complexity index is 648. The SMILES string of the molecule is CC(C)(C)[Si](C)(C)Oc1cc(COc2ccccc2)ccc1Cl. The largest absolute Gasteiger partial charge is 0.542 e. The third kappa shape index (κ3) is 4.76. The van der Waals surface area contributed by atoms with Crippen LogP contribution in [0, 0.1) is 0 Å². The van der Waals surface area contributed by atoms with E-state index < -0.39 is 8.32 Å². The Morgan fingerprint density at radius 1 is 1.00 bits per heavy atom. The lowest BCUT2D eigenvalue weighted by Crippen LogP contribution is -2.43. The first-order valence-electron chi connectivity index (χ1n) is 7.84. The monoisotopic (exact) mass is 348 g/mol. The summed E-state index contributed by atoms with van der Waals surface area (Å²) in [6.07, 6.45) is 0. The van der Waals surface area contributed by atoms with E-state index in [1.807, 2.05) is 48.5 Å². The Morgan fingerprint density at radius 3 is 2.26 bits per heavy atom. The molecule has 0 aromatic heterocycles. The molecular formula is C19H25ClO2Si. The summed E-state index contributed by atoms with van der Waals surface area (Å²) >= 11 is 6.33. The molecule has 0 saturated heterocycles. The standard InChI is InChI=1S/C19H25ClO2Si/c1-19(2,3)23(4,5)22-18-13-15(11-12-17(18)20)14-21-16-9-7-6-8-10-16/h6-13H,14H2,1-5H3. The van der Waals surface area contributed by atoms with Crippen molar-refractivity contribution in [2.24, 2.45) is 0 Å². The van der Waals surface area contributed by atoms with Crippen molar-refractivity contribution < 1.29 is 9.16 Å². The minimum absolute atomic E-state index is 0.132. The lowest BCUT2D eigenvalue weighted by molar-refractivity contribution is 0.306. The van der Waals surface area contributed by atoms with Crippen molar-refractivity contribution >= 4 is 19.9 Å². The molecule has 0 N–H and O–H groups in total. The molecule has 0 aliphatic carbocycles. The van der Waals surface area contributed by atoms with Crippen LogP contribution in [0.1, 0.15) is 26.3 Å². The van der Waals surface area contributed by atoms with E-state index in [2.05, 4.69) is 33.9 Å². The van der Waals surface area contributed by atoms with Crippen molar-refractivity contribution in [3.05, 3.63) is 59.1 Å². The maximum Gasteiger partial charge on any atom is 0.250 e. The fourth-order valence-electron chi connectivity index (χ4n) is 1.83. The van der Waals surface area contributed by atoms with Gasteiger partial charge in [-0.25, -0.2) is 0 Å². The predicted molar refractivity (Wildman–Crippen MR) is 100 cm³/mol. The van der Waals surface area contributed by atoms with E-state index in [1.165, 1.54) is 0 Å². The van der Waals surface area contributed by atoms with E-state index in [9.17, 15) is 0 Å². The lowest BCUT2D eigenvalue weighted by atomic mass is 10.2. The molecule has 0 atom stereocenters. The molecule has 0 heterocycles. The second-order valence-corrected chi connectivity index (χ2v) is 12.4. The van der Waals surface area contributed by atoms with Gasteiger partial charge in [0.2, 0.25) is 0 Å².